The van der Waals surface area contributed by atoms with Gasteiger partial charge >= 0.3 is 12.1 Å². The lowest BCUT2D eigenvalue weighted by Crippen LogP contribution is -2.56. The topological polar surface area (TPSA) is 92.7 Å². The number of rotatable bonds is 12. The molecule has 2 rings (SSSR count). The van der Waals surface area contributed by atoms with Gasteiger partial charge in [0.25, 0.3) is 8.32 Å². The molecule has 0 aliphatic carbocycles. The predicted octanol–water partition coefficient (Wildman–Crippen LogP) is 6.79. The number of amides is 1. The van der Waals surface area contributed by atoms with Crippen LogP contribution in [0.25, 0.3) is 0 Å². The second-order valence-electron chi connectivity index (χ2n) is 11.5. The Morgan fingerprint density at radius 3 is 1.70 bits per heavy atom. The zero-order chi connectivity index (χ0) is 27.8. The van der Waals surface area contributed by atoms with Crippen LogP contribution in [-0.2, 0) is 26.9 Å². The minimum atomic E-state index is -2.63. The summed E-state index contributed by atoms with van der Waals surface area (Å²) in [6.45, 7) is 14.7. The summed E-state index contributed by atoms with van der Waals surface area (Å²) in [4.78, 5) is 38.9. The fourth-order valence-electron chi connectivity index (χ4n) is 5.74. The van der Waals surface area contributed by atoms with Crippen LogP contribution < -0.4 is 5.32 Å². The number of nitrogens with one attached hydrogen (secondary N) is 1. The first-order valence-corrected chi connectivity index (χ1v) is 15.2. The van der Waals surface area contributed by atoms with E-state index in [2.05, 4.69) is 53.8 Å². The molecule has 0 aliphatic heterocycles. The molecule has 6 nitrogen and oxygen atoms in total. The molecule has 37 heavy (non-hydrogen) atoms. The molecule has 0 radical (unpaired) electrons. The lowest BCUT2D eigenvalue weighted by atomic mass is 9.90. The Morgan fingerprint density at radius 2 is 1.30 bits per heavy atom. The molecule has 0 aliphatic rings. The summed E-state index contributed by atoms with van der Waals surface area (Å²) in [5, 5.41) is 12.5. The van der Waals surface area contributed by atoms with Crippen LogP contribution in [-0.4, -0.2) is 37.3 Å². The van der Waals surface area contributed by atoms with Crippen LogP contribution in [0.4, 0.5) is 4.79 Å². The summed E-state index contributed by atoms with van der Waals surface area (Å²) in [7, 11) is -2.63. The van der Waals surface area contributed by atoms with Gasteiger partial charge in [0.2, 0.25) is 0 Å². The van der Waals surface area contributed by atoms with Gasteiger partial charge in [-0.15, -0.1) is 0 Å². The Morgan fingerprint density at radius 1 is 0.838 bits per heavy atom. The van der Waals surface area contributed by atoms with Crippen molar-refractivity contribution in [1.82, 2.24) is 5.32 Å². The normalized spacial score (nSPS) is 13.8. The SMILES string of the molecule is CC(C)[Si](OC(=O)N[C@@H](Cc1ccccc1)C(=O)C[C@@H](Cc1ccccc1)C(=O)O)(C(C)C)C(C)(C)C. The summed E-state index contributed by atoms with van der Waals surface area (Å²) in [6.07, 6.45) is -0.281. The van der Waals surface area contributed by atoms with E-state index in [0.717, 1.165) is 11.1 Å². The van der Waals surface area contributed by atoms with Gasteiger partial charge in [0.15, 0.2) is 5.78 Å². The number of hydrogen-bond donors (Lipinski definition) is 2. The third-order valence-corrected chi connectivity index (χ3v) is 13.5. The van der Waals surface area contributed by atoms with Gasteiger partial charge in [-0.3, -0.25) is 9.59 Å². The molecule has 0 saturated carbocycles. The van der Waals surface area contributed by atoms with Gasteiger partial charge in [-0.05, 0) is 40.1 Å². The maximum atomic E-state index is 13.5. The van der Waals surface area contributed by atoms with Crippen molar-refractivity contribution in [3.05, 3.63) is 71.8 Å². The van der Waals surface area contributed by atoms with Crippen molar-refractivity contribution in [2.24, 2.45) is 5.92 Å². The van der Waals surface area contributed by atoms with Crippen LogP contribution in [0.15, 0.2) is 60.7 Å². The van der Waals surface area contributed by atoms with Crippen molar-refractivity contribution >= 4 is 26.2 Å². The molecule has 7 heteroatoms. The maximum Gasteiger partial charge on any atom is 0.394 e. The van der Waals surface area contributed by atoms with Crippen LogP contribution in [0.3, 0.4) is 0 Å². The average Bonchev–Trinajstić information content (AvgIpc) is 2.81. The molecule has 0 unspecified atom stereocenters. The second-order valence-corrected chi connectivity index (χ2v) is 17.1. The van der Waals surface area contributed by atoms with Gasteiger partial charge in [0.1, 0.15) is 0 Å². The number of aliphatic carboxylic acids is 1. The number of carbonyl (C=O) groups is 3. The first-order valence-electron chi connectivity index (χ1n) is 13.1. The number of benzene rings is 2. The molecule has 2 atom stereocenters. The minimum absolute atomic E-state index is 0.170. The molecule has 202 valence electrons. The molecule has 0 spiro atoms. The van der Waals surface area contributed by atoms with Crippen molar-refractivity contribution in [2.75, 3.05) is 0 Å². The van der Waals surface area contributed by atoms with Crippen molar-refractivity contribution < 1.29 is 23.9 Å². The summed E-state index contributed by atoms with van der Waals surface area (Å²) in [6, 6.07) is 17.8. The van der Waals surface area contributed by atoms with E-state index in [-0.39, 0.29) is 41.2 Å². The molecular formula is C30H43NO5Si. The van der Waals surface area contributed by atoms with Crippen molar-refractivity contribution in [1.29, 1.82) is 0 Å². The summed E-state index contributed by atoms with van der Waals surface area (Å²) >= 11 is 0. The molecule has 1 amide bonds. The highest BCUT2D eigenvalue weighted by molar-refractivity contribution is 6.80. The zero-order valence-electron chi connectivity index (χ0n) is 23.3. The monoisotopic (exact) mass is 525 g/mol. The highest BCUT2D eigenvalue weighted by Crippen LogP contribution is 2.50. The molecule has 0 aromatic heterocycles. The van der Waals surface area contributed by atoms with Crippen molar-refractivity contribution in [3.8, 4) is 0 Å². The third kappa shape index (κ3) is 8.02. The largest absolute Gasteiger partial charge is 0.502 e. The molecule has 2 N–H and O–H groups in total. The van der Waals surface area contributed by atoms with E-state index >= 15 is 0 Å². The fourth-order valence-corrected chi connectivity index (χ4v) is 11.7. The standard InChI is InChI=1S/C30H43NO5Si/c1-21(2)37(22(3)4,30(5,6)7)36-29(35)31-26(19-24-16-12-9-13-17-24)27(32)20-25(28(33)34)18-23-14-10-8-11-15-23/h8-17,21-22,25-26H,18-20H2,1-7H3,(H,31,35)(H,33,34)/t25-,26+/m1/s1. The third-order valence-electron chi connectivity index (χ3n) is 7.23. The van der Waals surface area contributed by atoms with E-state index in [1.807, 2.05) is 60.7 Å². The van der Waals surface area contributed by atoms with E-state index in [1.165, 1.54) is 0 Å². The van der Waals surface area contributed by atoms with Crippen molar-refractivity contribution in [2.45, 2.75) is 89.9 Å². The number of hydrogen-bond acceptors (Lipinski definition) is 4. The first kappa shape index (κ1) is 30.3. The number of Topliss-reactive ketones (excluding diaryl/α,β-unsaturated/α-hetero) is 1. The van der Waals surface area contributed by atoms with Gasteiger partial charge in [-0.1, -0.05) is 109 Å². The van der Waals surface area contributed by atoms with Gasteiger partial charge in [0, 0.05) is 6.42 Å². The first-order chi connectivity index (χ1) is 17.3. The van der Waals surface area contributed by atoms with Gasteiger partial charge in [0.05, 0.1) is 12.0 Å². The smallest absolute Gasteiger partial charge is 0.394 e. The number of carboxylic acid groups (broad SMARTS) is 1. The lowest BCUT2D eigenvalue weighted by molar-refractivity contribution is -0.143. The predicted molar refractivity (Wildman–Crippen MR) is 150 cm³/mol. The van der Waals surface area contributed by atoms with Crippen LogP contribution in [0.5, 0.6) is 0 Å². The second kappa shape index (κ2) is 13.0. The quantitative estimate of drug-likeness (QED) is 0.298. The van der Waals surface area contributed by atoms with Crippen LogP contribution >= 0.6 is 0 Å². The molecule has 2 aromatic rings. The highest BCUT2D eigenvalue weighted by atomic mass is 28.4. The fraction of sp³-hybridized carbons (Fsp3) is 0.500. The summed E-state index contributed by atoms with van der Waals surface area (Å²) in [5.74, 6) is -2.24. The summed E-state index contributed by atoms with van der Waals surface area (Å²) < 4.78 is 6.31. The molecule has 0 fully saturated rings. The van der Waals surface area contributed by atoms with Gasteiger partial charge < -0.3 is 14.8 Å². The Hall–Kier alpha value is -2.93. The summed E-state index contributed by atoms with van der Waals surface area (Å²) in [5.41, 5.74) is 2.07. The molecular weight excluding hydrogens is 482 g/mol. The number of carbonyl (C=O) groups excluding carboxylic acids is 2. The van der Waals surface area contributed by atoms with E-state index in [4.69, 9.17) is 4.43 Å². The molecule has 2 aromatic carbocycles. The van der Waals surface area contributed by atoms with E-state index in [0.29, 0.717) is 0 Å². The van der Waals surface area contributed by atoms with Crippen LogP contribution in [0.1, 0.15) is 66.0 Å². The Labute approximate surface area is 223 Å². The lowest BCUT2D eigenvalue weighted by Gasteiger charge is -2.47. The van der Waals surface area contributed by atoms with Crippen LogP contribution in [0.2, 0.25) is 16.1 Å². The molecule has 0 bridgehead atoms. The van der Waals surface area contributed by atoms with Crippen molar-refractivity contribution in [3.63, 3.8) is 0 Å². The van der Waals surface area contributed by atoms with E-state index in [1.54, 1.807) is 0 Å². The average molecular weight is 526 g/mol. The zero-order valence-corrected chi connectivity index (χ0v) is 24.3. The number of carboxylic acids is 1. The highest BCUT2D eigenvalue weighted by Gasteiger charge is 2.54. The van der Waals surface area contributed by atoms with Gasteiger partial charge in [-0.25, -0.2) is 4.79 Å². The minimum Gasteiger partial charge on any atom is -0.502 e. The van der Waals surface area contributed by atoms with E-state index in [9.17, 15) is 19.5 Å². The Bertz CT molecular complexity index is 1020. The maximum absolute atomic E-state index is 13.5. The molecule has 0 heterocycles. The van der Waals surface area contributed by atoms with E-state index < -0.39 is 32.3 Å². The Kier molecular flexibility index (Phi) is 10.7. The Balaban J connectivity index is 2.30. The van der Waals surface area contributed by atoms with Gasteiger partial charge in [-0.2, -0.15) is 0 Å². The number of ketones is 1. The molecule has 0 saturated heterocycles. The van der Waals surface area contributed by atoms with Crippen LogP contribution in [0, 0.1) is 5.92 Å².